The van der Waals surface area contributed by atoms with Crippen LogP contribution in [0.3, 0.4) is 0 Å². The number of carbonyl (C=O) groups excluding carboxylic acids is 1. The maximum Gasteiger partial charge on any atom is 0.330 e. The smallest absolute Gasteiger partial charge is 0.330 e. The fourth-order valence-corrected chi connectivity index (χ4v) is 1.82. The lowest BCUT2D eigenvalue weighted by Crippen LogP contribution is -2.34. The van der Waals surface area contributed by atoms with Crippen LogP contribution in [0.15, 0.2) is 48.5 Å². The highest BCUT2D eigenvalue weighted by atomic mass is 19.2. The van der Waals surface area contributed by atoms with Gasteiger partial charge in [0.1, 0.15) is 0 Å². The molecule has 2 rings (SSSR count). The summed E-state index contributed by atoms with van der Waals surface area (Å²) in [6.07, 6.45) is 0. The number of hydrogen-bond acceptors (Lipinski definition) is 2. The first-order valence-electron chi connectivity index (χ1n) is 6.03. The van der Waals surface area contributed by atoms with Crippen molar-refractivity contribution in [2.45, 2.75) is 6.04 Å². The average Bonchev–Trinajstić information content (AvgIpc) is 2.48. The highest BCUT2D eigenvalue weighted by molar-refractivity contribution is 5.97. The number of carbonyl (C=O) groups is 2. The topological polar surface area (TPSA) is 66.4 Å². The molecule has 0 aromatic heterocycles. The van der Waals surface area contributed by atoms with Crippen molar-refractivity contribution in [3.63, 3.8) is 0 Å². The Bertz CT molecular complexity index is 674. The summed E-state index contributed by atoms with van der Waals surface area (Å²) >= 11 is 0. The summed E-state index contributed by atoms with van der Waals surface area (Å²) in [4.78, 5) is 23.2. The van der Waals surface area contributed by atoms with Gasteiger partial charge in [0.2, 0.25) is 0 Å². The molecule has 1 atom stereocenters. The third kappa shape index (κ3) is 3.22. The number of hydrogen-bond donors (Lipinski definition) is 2. The molecule has 4 nitrogen and oxygen atoms in total. The Hall–Kier alpha value is -2.76. The first-order valence-corrected chi connectivity index (χ1v) is 6.03. The van der Waals surface area contributed by atoms with Crippen LogP contribution in [-0.4, -0.2) is 17.0 Å². The van der Waals surface area contributed by atoms with Gasteiger partial charge in [0.15, 0.2) is 17.7 Å². The molecule has 0 aliphatic rings. The SMILES string of the molecule is O=C(N[C@H](C(=O)O)c1ccccc1)c1cccc(F)c1F. The molecule has 0 unspecified atom stereocenters. The van der Waals surface area contributed by atoms with Crippen molar-refractivity contribution in [1.29, 1.82) is 0 Å². The second-order valence-electron chi connectivity index (χ2n) is 4.26. The van der Waals surface area contributed by atoms with Gasteiger partial charge in [-0.15, -0.1) is 0 Å². The maximum atomic E-state index is 13.5. The van der Waals surface area contributed by atoms with Crippen LogP contribution in [0.2, 0.25) is 0 Å². The number of carboxylic acid groups (broad SMARTS) is 1. The van der Waals surface area contributed by atoms with Crippen LogP contribution in [0, 0.1) is 11.6 Å². The van der Waals surface area contributed by atoms with E-state index in [0.717, 1.165) is 12.1 Å². The molecule has 2 N–H and O–H groups in total. The molecular weight excluding hydrogens is 280 g/mol. The minimum atomic E-state index is -1.35. The highest BCUT2D eigenvalue weighted by Gasteiger charge is 2.24. The fourth-order valence-electron chi connectivity index (χ4n) is 1.82. The van der Waals surface area contributed by atoms with Crippen LogP contribution >= 0.6 is 0 Å². The van der Waals surface area contributed by atoms with Crippen LogP contribution in [0.5, 0.6) is 0 Å². The number of carboxylic acids is 1. The molecule has 1 amide bonds. The number of rotatable bonds is 4. The van der Waals surface area contributed by atoms with Gasteiger partial charge in [-0.05, 0) is 17.7 Å². The van der Waals surface area contributed by atoms with E-state index in [1.807, 2.05) is 0 Å². The van der Waals surface area contributed by atoms with Crippen molar-refractivity contribution >= 4 is 11.9 Å². The largest absolute Gasteiger partial charge is 0.479 e. The van der Waals surface area contributed by atoms with Crippen molar-refractivity contribution < 1.29 is 23.5 Å². The summed E-state index contributed by atoms with van der Waals surface area (Å²) in [5, 5.41) is 11.3. The molecule has 0 spiro atoms. The quantitative estimate of drug-likeness (QED) is 0.909. The minimum Gasteiger partial charge on any atom is -0.479 e. The van der Waals surface area contributed by atoms with Crippen LogP contribution in [0.25, 0.3) is 0 Å². The molecule has 2 aromatic carbocycles. The summed E-state index contributed by atoms with van der Waals surface area (Å²) < 4.78 is 26.6. The van der Waals surface area contributed by atoms with Crippen LogP contribution in [0.1, 0.15) is 22.0 Å². The molecule has 6 heteroatoms. The molecule has 0 aliphatic heterocycles. The standard InChI is InChI=1S/C15H11F2NO3/c16-11-8-4-7-10(12(11)17)14(19)18-13(15(20)21)9-5-2-1-3-6-9/h1-8,13H,(H,18,19)(H,20,21)/t13-/m0/s1. The van der Waals surface area contributed by atoms with Crippen LogP contribution in [-0.2, 0) is 4.79 Å². The number of aliphatic carboxylic acids is 1. The summed E-state index contributed by atoms with van der Waals surface area (Å²) in [6.45, 7) is 0. The molecule has 0 aliphatic carbocycles. The van der Waals surface area contributed by atoms with E-state index in [9.17, 15) is 18.4 Å². The van der Waals surface area contributed by atoms with E-state index in [2.05, 4.69) is 5.32 Å². The van der Waals surface area contributed by atoms with Crippen molar-refractivity contribution in [2.24, 2.45) is 0 Å². The van der Waals surface area contributed by atoms with E-state index in [0.29, 0.717) is 5.56 Å². The third-order valence-electron chi connectivity index (χ3n) is 2.85. The Labute approximate surface area is 119 Å². The summed E-state index contributed by atoms with van der Waals surface area (Å²) in [5.74, 6) is -4.78. The zero-order valence-corrected chi connectivity index (χ0v) is 10.7. The monoisotopic (exact) mass is 291 g/mol. The van der Waals surface area contributed by atoms with Gasteiger partial charge in [-0.25, -0.2) is 13.6 Å². The number of amides is 1. The normalized spacial score (nSPS) is 11.7. The fraction of sp³-hybridized carbons (Fsp3) is 0.0667. The summed E-state index contributed by atoms with van der Waals surface area (Å²) in [7, 11) is 0. The van der Waals surface area contributed by atoms with E-state index in [-0.39, 0.29) is 0 Å². The predicted octanol–water partition coefficient (Wildman–Crippen LogP) is 2.52. The maximum absolute atomic E-state index is 13.5. The van der Waals surface area contributed by atoms with Gasteiger partial charge < -0.3 is 10.4 Å². The molecule has 108 valence electrons. The number of benzene rings is 2. The van der Waals surface area contributed by atoms with Crippen molar-refractivity contribution in [2.75, 3.05) is 0 Å². The summed E-state index contributed by atoms with van der Waals surface area (Å²) in [5.41, 5.74) is -0.215. The zero-order valence-electron chi connectivity index (χ0n) is 10.7. The lowest BCUT2D eigenvalue weighted by molar-refractivity contribution is -0.139. The Balaban J connectivity index is 2.28. The van der Waals surface area contributed by atoms with Gasteiger partial charge in [-0.1, -0.05) is 36.4 Å². The predicted molar refractivity (Wildman–Crippen MR) is 70.6 cm³/mol. The molecule has 0 radical (unpaired) electrons. The van der Waals surface area contributed by atoms with Crippen LogP contribution < -0.4 is 5.32 Å². The Morgan fingerprint density at radius 3 is 2.29 bits per heavy atom. The molecular formula is C15H11F2NO3. The van der Waals surface area contributed by atoms with E-state index >= 15 is 0 Å². The third-order valence-corrected chi connectivity index (χ3v) is 2.85. The summed E-state index contributed by atoms with van der Waals surface area (Å²) in [6, 6.07) is 9.72. The second-order valence-corrected chi connectivity index (χ2v) is 4.26. The van der Waals surface area contributed by atoms with E-state index in [1.54, 1.807) is 18.2 Å². The number of halogens is 2. The number of nitrogens with one attached hydrogen (secondary N) is 1. The Morgan fingerprint density at radius 2 is 1.67 bits per heavy atom. The first-order chi connectivity index (χ1) is 10.0. The van der Waals surface area contributed by atoms with E-state index in [4.69, 9.17) is 5.11 Å². The molecule has 21 heavy (non-hydrogen) atoms. The molecule has 0 fully saturated rings. The van der Waals surface area contributed by atoms with E-state index in [1.165, 1.54) is 18.2 Å². The Morgan fingerprint density at radius 1 is 1.00 bits per heavy atom. The zero-order chi connectivity index (χ0) is 15.4. The van der Waals surface area contributed by atoms with Gasteiger partial charge in [0.05, 0.1) is 5.56 Å². The van der Waals surface area contributed by atoms with Gasteiger partial charge in [0.25, 0.3) is 5.91 Å². The Kier molecular flexibility index (Phi) is 4.27. The lowest BCUT2D eigenvalue weighted by Gasteiger charge is -2.15. The van der Waals surface area contributed by atoms with Gasteiger partial charge in [-0.2, -0.15) is 0 Å². The van der Waals surface area contributed by atoms with Gasteiger partial charge >= 0.3 is 5.97 Å². The molecule has 0 saturated carbocycles. The molecule has 0 bridgehead atoms. The minimum absolute atomic E-state index is 0.329. The molecule has 0 heterocycles. The first kappa shape index (κ1) is 14.6. The molecule has 2 aromatic rings. The highest BCUT2D eigenvalue weighted by Crippen LogP contribution is 2.16. The van der Waals surface area contributed by atoms with Gasteiger partial charge in [0, 0.05) is 0 Å². The lowest BCUT2D eigenvalue weighted by atomic mass is 10.1. The van der Waals surface area contributed by atoms with Crippen LogP contribution in [0.4, 0.5) is 8.78 Å². The second kappa shape index (κ2) is 6.13. The van der Waals surface area contributed by atoms with Crippen molar-refractivity contribution in [3.05, 3.63) is 71.3 Å². The molecule has 0 saturated heterocycles. The van der Waals surface area contributed by atoms with Gasteiger partial charge in [-0.3, -0.25) is 4.79 Å². The van der Waals surface area contributed by atoms with E-state index < -0.39 is 35.1 Å². The van der Waals surface area contributed by atoms with Crippen molar-refractivity contribution in [1.82, 2.24) is 5.32 Å². The van der Waals surface area contributed by atoms with Crippen molar-refractivity contribution in [3.8, 4) is 0 Å². The average molecular weight is 291 g/mol.